The predicted molar refractivity (Wildman–Crippen MR) is 62.3 cm³/mol. The van der Waals surface area contributed by atoms with E-state index in [1.165, 1.54) is 12.1 Å². The van der Waals surface area contributed by atoms with E-state index >= 15 is 0 Å². The molecule has 1 aromatic rings. The van der Waals surface area contributed by atoms with Gasteiger partial charge in [0, 0.05) is 18.7 Å². The van der Waals surface area contributed by atoms with Crippen LogP contribution in [-0.4, -0.2) is 36.3 Å². The number of β-amino-alcohol motifs (C(OH)–C–C–N with tert-alkyl or cyclic N) is 1. The smallest absolute Gasteiger partial charge is 0.294 e. The fourth-order valence-electron chi connectivity index (χ4n) is 1.83. The minimum absolute atomic E-state index is 0.0163. The van der Waals surface area contributed by atoms with Crippen LogP contribution in [-0.2, 0) is 0 Å². The van der Waals surface area contributed by atoms with Crippen molar-refractivity contribution in [2.24, 2.45) is 0 Å². The molecule has 0 bridgehead atoms. The van der Waals surface area contributed by atoms with Crippen LogP contribution in [0.25, 0.3) is 0 Å². The molecule has 0 aliphatic carbocycles. The van der Waals surface area contributed by atoms with Crippen molar-refractivity contribution >= 4 is 17.1 Å². The van der Waals surface area contributed by atoms with Crippen molar-refractivity contribution in [1.82, 2.24) is 0 Å². The van der Waals surface area contributed by atoms with Crippen LogP contribution in [0.1, 0.15) is 0 Å². The van der Waals surface area contributed by atoms with E-state index in [4.69, 9.17) is 15.6 Å². The average Bonchev–Trinajstić information content (AvgIpc) is 2.28. The summed E-state index contributed by atoms with van der Waals surface area (Å²) in [7, 11) is 0. The van der Waals surface area contributed by atoms with Crippen molar-refractivity contribution in [2.45, 2.75) is 0 Å². The number of hydrogen-bond donors (Lipinski definition) is 2. The Morgan fingerprint density at radius 3 is 3.00 bits per heavy atom. The number of nitrogen functional groups attached to an aromatic ring is 1. The van der Waals surface area contributed by atoms with Gasteiger partial charge in [-0.1, -0.05) is 0 Å². The van der Waals surface area contributed by atoms with Gasteiger partial charge in [-0.25, -0.2) is 0 Å². The summed E-state index contributed by atoms with van der Waals surface area (Å²) in [5, 5.41) is 19.7. The van der Waals surface area contributed by atoms with Crippen LogP contribution in [0.15, 0.2) is 12.1 Å². The number of nitro groups is 1. The number of rotatable bonds is 3. The Balaban J connectivity index is 2.45. The number of benzene rings is 1. The van der Waals surface area contributed by atoms with Crippen molar-refractivity contribution < 1.29 is 14.8 Å². The topological polar surface area (TPSA) is 102 Å². The fourth-order valence-corrected chi connectivity index (χ4v) is 1.83. The van der Waals surface area contributed by atoms with Crippen LogP contribution >= 0.6 is 0 Å². The number of aliphatic hydroxyl groups excluding tert-OH is 1. The molecule has 0 amide bonds. The summed E-state index contributed by atoms with van der Waals surface area (Å²) in [6, 6.07) is 2.84. The minimum atomic E-state index is -0.526. The first-order valence-corrected chi connectivity index (χ1v) is 5.20. The lowest BCUT2D eigenvalue weighted by atomic mass is 10.2. The number of fused-ring (bicyclic) bond motifs is 1. The highest BCUT2D eigenvalue weighted by Gasteiger charge is 2.23. The van der Waals surface area contributed by atoms with E-state index in [9.17, 15) is 10.1 Å². The zero-order chi connectivity index (χ0) is 12.4. The van der Waals surface area contributed by atoms with Gasteiger partial charge in [-0.15, -0.1) is 0 Å². The number of aliphatic hydroxyl groups is 1. The Hall–Kier alpha value is -2.02. The molecule has 0 unspecified atom stereocenters. The highest BCUT2D eigenvalue weighted by atomic mass is 16.6. The monoisotopic (exact) mass is 239 g/mol. The summed E-state index contributed by atoms with van der Waals surface area (Å²) >= 11 is 0. The molecular formula is C10H13N3O4. The van der Waals surface area contributed by atoms with Gasteiger partial charge < -0.3 is 20.5 Å². The van der Waals surface area contributed by atoms with Gasteiger partial charge in [-0.05, 0) is 0 Å². The van der Waals surface area contributed by atoms with Gasteiger partial charge in [0.15, 0.2) is 0 Å². The van der Waals surface area contributed by atoms with Crippen LogP contribution in [0, 0.1) is 10.1 Å². The van der Waals surface area contributed by atoms with Crippen molar-refractivity contribution in [3.63, 3.8) is 0 Å². The van der Waals surface area contributed by atoms with Gasteiger partial charge in [0.2, 0.25) is 0 Å². The predicted octanol–water partition coefficient (Wildman–Crippen LogP) is 0.368. The van der Waals surface area contributed by atoms with Gasteiger partial charge in [-0.2, -0.15) is 0 Å². The van der Waals surface area contributed by atoms with E-state index in [2.05, 4.69) is 0 Å². The molecule has 1 heterocycles. The van der Waals surface area contributed by atoms with Crippen molar-refractivity contribution in [3.8, 4) is 5.75 Å². The number of nitrogens with two attached hydrogens (primary N) is 1. The number of nitro benzene ring substituents is 1. The fraction of sp³-hybridized carbons (Fsp3) is 0.400. The third-order valence-corrected chi connectivity index (χ3v) is 2.63. The second kappa shape index (κ2) is 4.46. The lowest BCUT2D eigenvalue weighted by Crippen LogP contribution is -2.34. The van der Waals surface area contributed by atoms with Crippen LogP contribution < -0.4 is 15.4 Å². The standard InChI is InChI=1S/C10H13N3O4/c11-7-5-10-9(6-8(7)13(15)16)12(1-3-14)2-4-17-10/h5-6,14H,1-4,11H2. The summed E-state index contributed by atoms with van der Waals surface area (Å²) in [5.41, 5.74) is 6.12. The molecule has 0 saturated heterocycles. The van der Waals surface area contributed by atoms with Crippen LogP contribution in [0.4, 0.5) is 17.1 Å². The zero-order valence-corrected chi connectivity index (χ0v) is 9.13. The lowest BCUT2D eigenvalue weighted by molar-refractivity contribution is -0.383. The third-order valence-electron chi connectivity index (χ3n) is 2.63. The first kappa shape index (κ1) is 11.5. The molecule has 7 heteroatoms. The summed E-state index contributed by atoms with van der Waals surface area (Å²) in [5.74, 6) is 0.521. The maximum Gasteiger partial charge on any atom is 0.294 e. The van der Waals surface area contributed by atoms with E-state index in [1.54, 1.807) is 0 Å². The molecule has 1 aliphatic heterocycles. The molecule has 0 radical (unpaired) electrons. The highest BCUT2D eigenvalue weighted by Crippen LogP contribution is 2.38. The molecule has 0 aromatic heterocycles. The Kier molecular flexibility index (Phi) is 3.01. The molecule has 3 N–H and O–H groups in total. The van der Waals surface area contributed by atoms with Crippen LogP contribution in [0.5, 0.6) is 5.75 Å². The first-order valence-electron chi connectivity index (χ1n) is 5.20. The average molecular weight is 239 g/mol. The molecule has 0 spiro atoms. The molecule has 2 rings (SSSR count). The van der Waals surface area contributed by atoms with Gasteiger partial charge >= 0.3 is 0 Å². The second-order valence-corrected chi connectivity index (χ2v) is 3.69. The molecule has 92 valence electrons. The summed E-state index contributed by atoms with van der Waals surface area (Å²) < 4.78 is 5.39. The van der Waals surface area contributed by atoms with E-state index < -0.39 is 4.92 Å². The number of anilines is 2. The summed E-state index contributed by atoms with van der Waals surface area (Å²) in [6.45, 7) is 1.47. The summed E-state index contributed by atoms with van der Waals surface area (Å²) in [4.78, 5) is 12.1. The molecule has 0 fully saturated rings. The molecular weight excluding hydrogens is 226 g/mol. The van der Waals surface area contributed by atoms with E-state index in [0.717, 1.165) is 0 Å². The quantitative estimate of drug-likeness (QED) is 0.449. The highest BCUT2D eigenvalue weighted by molar-refractivity contribution is 5.73. The molecule has 0 saturated carbocycles. The van der Waals surface area contributed by atoms with E-state index in [0.29, 0.717) is 31.1 Å². The maximum atomic E-state index is 10.8. The molecule has 7 nitrogen and oxygen atoms in total. The van der Waals surface area contributed by atoms with Crippen molar-refractivity contribution in [2.75, 3.05) is 36.9 Å². The Bertz CT molecular complexity index is 449. The van der Waals surface area contributed by atoms with Gasteiger partial charge in [0.1, 0.15) is 18.0 Å². The number of hydrogen-bond acceptors (Lipinski definition) is 6. The third kappa shape index (κ3) is 2.09. The zero-order valence-electron chi connectivity index (χ0n) is 9.13. The molecule has 1 aromatic carbocycles. The molecule has 1 aliphatic rings. The van der Waals surface area contributed by atoms with E-state index in [1.807, 2.05) is 4.90 Å². The first-order chi connectivity index (χ1) is 8.13. The van der Waals surface area contributed by atoms with Crippen LogP contribution in [0.2, 0.25) is 0 Å². The Labute approximate surface area is 97.5 Å². The Morgan fingerprint density at radius 1 is 1.59 bits per heavy atom. The summed E-state index contributed by atoms with van der Waals surface area (Å²) in [6.07, 6.45) is 0. The van der Waals surface area contributed by atoms with Crippen molar-refractivity contribution in [1.29, 1.82) is 0 Å². The SMILES string of the molecule is Nc1cc2c(cc1[N+](=O)[O-])N(CCO)CCO2. The maximum absolute atomic E-state index is 10.8. The van der Waals surface area contributed by atoms with Gasteiger partial charge in [0.25, 0.3) is 5.69 Å². The van der Waals surface area contributed by atoms with Crippen LogP contribution in [0.3, 0.4) is 0 Å². The normalized spacial score (nSPS) is 14.1. The van der Waals surface area contributed by atoms with E-state index in [-0.39, 0.29) is 18.0 Å². The lowest BCUT2D eigenvalue weighted by Gasteiger charge is -2.30. The number of nitrogens with zero attached hydrogens (tertiary/aromatic N) is 2. The minimum Gasteiger partial charge on any atom is -0.489 e. The Morgan fingerprint density at radius 2 is 2.35 bits per heavy atom. The van der Waals surface area contributed by atoms with Crippen molar-refractivity contribution in [3.05, 3.63) is 22.2 Å². The molecule has 0 atom stereocenters. The largest absolute Gasteiger partial charge is 0.489 e. The molecule has 17 heavy (non-hydrogen) atoms. The number of ether oxygens (including phenoxy) is 1. The second-order valence-electron chi connectivity index (χ2n) is 3.69. The van der Waals surface area contributed by atoms with Gasteiger partial charge in [0.05, 0.1) is 23.8 Å². The van der Waals surface area contributed by atoms with Gasteiger partial charge in [-0.3, -0.25) is 10.1 Å².